The van der Waals surface area contributed by atoms with E-state index in [0.29, 0.717) is 6.42 Å². The Kier molecular flexibility index (Phi) is 10.5. The first kappa shape index (κ1) is 31.0. The smallest absolute Gasteiger partial charge is 0.311 e. The summed E-state index contributed by atoms with van der Waals surface area (Å²) in [5, 5.41) is 1.96. The summed E-state index contributed by atoms with van der Waals surface area (Å²) in [7, 11) is -6.72. The zero-order valence-electron chi connectivity index (χ0n) is 23.2. The third kappa shape index (κ3) is 8.63. The largest absolute Gasteiger partial charge is 0.462 e. The highest BCUT2D eigenvalue weighted by Crippen LogP contribution is 2.38. The lowest BCUT2D eigenvalue weighted by Gasteiger charge is -2.45. The molecule has 0 heterocycles. The molecular weight excluding hydrogens is 504 g/mol. The highest BCUT2D eigenvalue weighted by Gasteiger charge is 2.51. The first-order chi connectivity index (χ1) is 17.1. The average molecular weight is 547 g/mol. The van der Waals surface area contributed by atoms with Gasteiger partial charge in [0.05, 0.1) is 17.8 Å². The summed E-state index contributed by atoms with van der Waals surface area (Å²) in [5.74, 6) is -0.428. The molecule has 0 aliphatic carbocycles. The van der Waals surface area contributed by atoms with Gasteiger partial charge in [-0.05, 0) is 42.6 Å². The third-order valence-corrected chi connectivity index (χ3v) is 11.8. The molecule has 0 radical (unpaired) electrons. The number of esters is 1. The molecule has 37 heavy (non-hydrogen) atoms. The number of benzene rings is 2. The molecule has 0 aliphatic heterocycles. The maximum absolute atomic E-state index is 12.4. The van der Waals surface area contributed by atoms with Gasteiger partial charge in [-0.15, -0.1) is 6.58 Å². The van der Waals surface area contributed by atoms with Gasteiger partial charge < -0.3 is 9.16 Å². The van der Waals surface area contributed by atoms with Crippen molar-refractivity contribution in [2.24, 2.45) is 5.41 Å². The monoisotopic (exact) mass is 546 g/mol. The summed E-state index contributed by atoms with van der Waals surface area (Å²) in [6.45, 7) is 15.5. The zero-order chi connectivity index (χ0) is 27.9. The molecule has 0 fully saturated rings. The minimum Gasteiger partial charge on any atom is -0.462 e. The van der Waals surface area contributed by atoms with Gasteiger partial charge in [-0.1, -0.05) is 87.5 Å². The van der Waals surface area contributed by atoms with Crippen LogP contribution >= 0.6 is 0 Å². The van der Waals surface area contributed by atoms with Crippen molar-refractivity contribution in [1.29, 1.82) is 0 Å². The summed E-state index contributed by atoms with van der Waals surface area (Å²) in [5.41, 5.74) is -0.721. The van der Waals surface area contributed by atoms with Crippen molar-refractivity contribution in [3.05, 3.63) is 73.3 Å². The molecule has 0 amide bonds. The van der Waals surface area contributed by atoms with Gasteiger partial charge in [0.2, 0.25) is 0 Å². The standard InChI is InChI=1S/C29H42O6SSi/c1-9-16-23(21-24(34-36(8,31)32)22-33-27(30)28(2,3)4)35-37(29(5,6)7,25-17-12-10-13-18-25)26-19-14-11-15-20-26/h9-15,17-20,23-24H,1,16,21-22H2,2-8H3/t23-,24+/m1/s1. The van der Waals surface area contributed by atoms with Crippen molar-refractivity contribution < 1.29 is 26.6 Å². The van der Waals surface area contributed by atoms with Gasteiger partial charge in [0, 0.05) is 6.42 Å². The number of rotatable bonds is 12. The number of hydrogen-bond donors (Lipinski definition) is 0. The first-order valence-corrected chi connectivity index (χ1v) is 16.3. The van der Waals surface area contributed by atoms with E-state index >= 15 is 0 Å². The van der Waals surface area contributed by atoms with E-state index in [4.69, 9.17) is 13.3 Å². The van der Waals surface area contributed by atoms with Crippen LogP contribution in [0.2, 0.25) is 5.04 Å². The fraction of sp³-hybridized carbons (Fsp3) is 0.483. The van der Waals surface area contributed by atoms with E-state index in [1.807, 2.05) is 36.4 Å². The Morgan fingerprint density at radius 2 is 1.41 bits per heavy atom. The van der Waals surface area contributed by atoms with Gasteiger partial charge in [-0.2, -0.15) is 8.42 Å². The summed E-state index contributed by atoms with van der Waals surface area (Å²) in [4.78, 5) is 12.4. The van der Waals surface area contributed by atoms with Crippen LogP contribution in [0.1, 0.15) is 54.4 Å². The van der Waals surface area contributed by atoms with Crippen molar-refractivity contribution in [3.8, 4) is 0 Å². The molecule has 8 heteroatoms. The SMILES string of the molecule is C=CC[C@H](C[C@@H](COC(=O)C(C)(C)C)OS(C)(=O)=O)O[Si](c1ccccc1)(c1ccccc1)C(C)(C)C. The zero-order valence-corrected chi connectivity index (χ0v) is 25.0. The highest BCUT2D eigenvalue weighted by atomic mass is 32.2. The molecule has 0 aliphatic rings. The average Bonchev–Trinajstić information content (AvgIpc) is 2.79. The van der Waals surface area contributed by atoms with E-state index in [1.54, 1.807) is 26.8 Å². The molecule has 2 aromatic rings. The molecule has 0 spiro atoms. The van der Waals surface area contributed by atoms with Crippen LogP contribution in [-0.2, 0) is 28.3 Å². The first-order valence-electron chi connectivity index (χ1n) is 12.6. The van der Waals surface area contributed by atoms with E-state index in [9.17, 15) is 13.2 Å². The molecule has 0 saturated heterocycles. The Morgan fingerprint density at radius 1 is 0.919 bits per heavy atom. The normalized spacial score (nSPS) is 14.6. The fourth-order valence-corrected chi connectivity index (χ4v) is 9.72. The van der Waals surface area contributed by atoms with Crippen molar-refractivity contribution in [2.45, 2.75) is 71.6 Å². The summed E-state index contributed by atoms with van der Waals surface area (Å²) < 4.78 is 42.2. The highest BCUT2D eigenvalue weighted by molar-refractivity contribution is 7.86. The molecule has 2 rings (SSSR count). The van der Waals surface area contributed by atoms with Crippen LogP contribution < -0.4 is 10.4 Å². The molecule has 2 atom stereocenters. The van der Waals surface area contributed by atoms with E-state index in [-0.39, 0.29) is 18.1 Å². The minimum absolute atomic E-state index is 0.194. The van der Waals surface area contributed by atoms with Crippen LogP contribution in [0, 0.1) is 5.41 Å². The van der Waals surface area contributed by atoms with Crippen molar-refractivity contribution in [3.63, 3.8) is 0 Å². The second-order valence-electron chi connectivity index (χ2n) is 11.4. The molecular formula is C29H42O6SSi. The lowest BCUT2D eigenvalue weighted by Crippen LogP contribution is -2.67. The van der Waals surface area contributed by atoms with Gasteiger partial charge in [0.25, 0.3) is 18.4 Å². The maximum Gasteiger partial charge on any atom is 0.311 e. The minimum atomic E-state index is -3.81. The maximum atomic E-state index is 12.4. The van der Waals surface area contributed by atoms with Crippen LogP contribution in [0.15, 0.2) is 73.3 Å². The van der Waals surface area contributed by atoms with Crippen molar-refractivity contribution >= 4 is 34.8 Å². The predicted octanol–water partition coefficient (Wildman–Crippen LogP) is 4.83. The van der Waals surface area contributed by atoms with Gasteiger partial charge in [-0.3, -0.25) is 8.98 Å². The Balaban J connectivity index is 2.53. The molecule has 0 aromatic heterocycles. The lowest BCUT2D eigenvalue weighted by atomic mass is 9.97. The Morgan fingerprint density at radius 3 is 1.78 bits per heavy atom. The molecule has 0 bridgehead atoms. The Hall–Kier alpha value is -2.26. The summed E-state index contributed by atoms with van der Waals surface area (Å²) >= 11 is 0. The summed E-state index contributed by atoms with van der Waals surface area (Å²) in [6, 6.07) is 20.4. The Bertz CT molecular complexity index is 1080. The second-order valence-corrected chi connectivity index (χ2v) is 17.3. The quantitative estimate of drug-likeness (QED) is 0.164. The number of ether oxygens (including phenoxy) is 1. The van der Waals surface area contributed by atoms with Gasteiger partial charge >= 0.3 is 5.97 Å². The molecule has 204 valence electrons. The van der Waals surface area contributed by atoms with E-state index in [2.05, 4.69) is 51.6 Å². The summed E-state index contributed by atoms with van der Waals surface area (Å²) in [6.07, 6.45) is 2.12. The van der Waals surface area contributed by atoms with Gasteiger partial charge in [-0.25, -0.2) is 0 Å². The van der Waals surface area contributed by atoms with Crippen LogP contribution in [0.25, 0.3) is 0 Å². The van der Waals surface area contributed by atoms with Gasteiger partial charge in [0.15, 0.2) is 0 Å². The van der Waals surface area contributed by atoms with Gasteiger partial charge in [0.1, 0.15) is 12.7 Å². The topological polar surface area (TPSA) is 78.9 Å². The third-order valence-electron chi connectivity index (χ3n) is 6.04. The number of carbonyl (C=O) groups excluding carboxylic acids is 1. The Labute approximate surface area is 224 Å². The molecule has 0 N–H and O–H groups in total. The second kappa shape index (κ2) is 12.5. The van der Waals surface area contributed by atoms with E-state index < -0.39 is 42.0 Å². The number of carbonyl (C=O) groups is 1. The van der Waals surface area contributed by atoms with Crippen LogP contribution in [0.4, 0.5) is 0 Å². The number of hydrogen-bond acceptors (Lipinski definition) is 6. The van der Waals surface area contributed by atoms with Crippen molar-refractivity contribution in [2.75, 3.05) is 12.9 Å². The molecule has 0 unspecified atom stereocenters. The molecule has 0 saturated carbocycles. The molecule has 6 nitrogen and oxygen atoms in total. The molecule has 2 aromatic carbocycles. The van der Waals surface area contributed by atoms with Crippen LogP contribution in [0.5, 0.6) is 0 Å². The predicted molar refractivity (Wildman–Crippen MR) is 152 cm³/mol. The lowest BCUT2D eigenvalue weighted by molar-refractivity contribution is -0.155. The fourth-order valence-electron chi connectivity index (χ4n) is 4.38. The van der Waals surface area contributed by atoms with Crippen LogP contribution in [-0.4, -0.2) is 47.8 Å². The van der Waals surface area contributed by atoms with Crippen molar-refractivity contribution in [1.82, 2.24) is 0 Å². The van der Waals surface area contributed by atoms with E-state index in [0.717, 1.165) is 16.6 Å². The van der Waals surface area contributed by atoms with Crippen LogP contribution in [0.3, 0.4) is 0 Å². The van der Waals surface area contributed by atoms with E-state index in [1.165, 1.54) is 0 Å².